The molecule has 17 nitrogen and oxygen atoms in total. The Morgan fingerprint density at radius 2 is 1.53 bits per heavy atom. The van der Waals surface area contributed by atoms with Crippen LogP contribution in [0.3, 0.4) is 0 Å². The topological polar surface area (TPSA) is 233 Å². The third-order valence-corrected chi connectivity index (χ3v) is 13.5. The molecule has 3 rings (SSSR count). The largest absolute Gasteiger partial charge is 0.459 e. The van der Waals surface area contributed by atoms with Gasteiger partial charge in [-0.2, -0.15) is 0 Å². The van der Waals surface area contributed by atoms with Gasteiger partial charge in [-0.1, -0.05) is 20.8 Å². The quantitative estimate of drug-likeness (QED) is 0.116. The molecule has 0 aromatic carbocycles. The van der Waals surface area contributed by atoms with Gasteiger partial charge in [-0.3, -0.25) is 9.69 Å². The number of likely N-dealkylation sites (N-methyl/N-ethyl adjacent to an activating group) is 1. The molecule has 18 atom stereocenters. The number of carbonyl (C=O) groups is 1. The summed E-state index contributed by atoms with van der Waals surface area (Å²) in [6, 6.07) is -0.932. The van der Waals surface area contributed by atoms with Crippen LogP contribution in [0.2, 0.25) is 0 Å². The minimum absolute atomic E-state index is 0.000385. The van der Waals surface area contributed by atoms with E-state index in [0.29, 0.717) is 13.0 Å². The Morgan fingerprint density at radius 1 is 0.915 bits per heavy atom. The first-order valence-corrected chi connectivity index (χ1v) is 21.6. The predicted molar refractivity (Wildman–Crippen MR) is 219 cm³/mol. The highest BCUT2D eigenvalue weighted by Gasteiger charge is 2.59. The molecular formula is C42H81N3O14. The highest BCUT2D eigenvalue weighted by atomic mass is 16.7. The van der Waals surface area contributed by atoms with Gasteiger partial charge >= 0.3 is 5.97 Å². The summed E-state index contributed by atoms with van der Waals surface area (Å²) in [5.74, 6) is -2.85. The van der Waals surface area contributed by atoms with Crippen molar-refractivity contribution < 1.29 is 69.0 Å². The zero-order valence-electron chi connectivity index (χ0n) is 38.0. The fraction of sp³-hybridized carbons (Fsp3) is 0.976. The van der Waals surface area contributed by atoms with E-state index < -0.39 is 95.5 Å². The standard InChI is InChI=1S/C42H81N3O14/c1-14-31-41(10,52)35(49)28(6)43-22-24(2)20-39(8,51)36(59-38-33(48)30(44(11)12)19-25(3)55-38)26(4)34(27(5)37(50)57-31)58-32-21-40(9,54-13)42(53,29(7)56-32)23-45(15-17-46)16-18-47/h24-36,38,43,46-49,51-53H,14-23H2,1-13H3/t24-,25-,26+,27-,28-,29+,30+,31-,32+,33-,34+,35-,36-,38+,39-,40-,41-,42-/m1/s1. The number of methoxy groups -OCH3 is 1. The number of hydrogen-bond donors (Lipinski definition) is 8. The van der Waals surface area contributed by atoms with E-state index in [1.807, 2.05) is 32.8 Å². The molecule has 0 unspecified atom stereocenters. The van der Waals surface area contributed by atoms with Crippen molar-refractivity contribution >= 4 is 5.97 Å². The second kappa shape index (κ2) is 21.5. The number of carbonyl (C=O) groups excluding carboxylic acids is 1. The third-order valence-electron chi connectivity index (χ3n) is 13.5. The monoisotopic (exact) mass is 852 g/mol. The first kappa shape index (κ1) is 52.2. The number of nitrogens with zero attached hydrogens (tertiary/aromatic N) is 2. The van der Waals surface area contributed by atoms with E-state index in [9.17, 15) is 40.5 Å². The number of aliphatic hydroxyl groups excluding tert-OH is 4. The molecule has 3 fully saturated rings. The lowest BCUT2D eigenvalue weighted by atomic mass is 9.74. The summed E-state index contributed by atoms with van der Waals surface area (Å²) < 4.78 is 38.3. The van der Waals surface area contributed by atoms with Crippen LogP contribution >= 0.6 is 0 Å². The van der Waals surface area contributed by atoms with Gasteiger partial charge in [0.1, 0.15) is 35.1 Å². The second-order valence-electron chi connectivity index (χ2n) is 18.7. The molecule has 0 aliphatic carbocycles. The fourth-order valence-corrected chi connectivity index (χ4v) is 9.61. The molecule has 0 radical (unpaired) electrons. The predicted octanol–water partition coefficient (Wildman–Crippen LogP) is 0.215. The van der Waals surface area contributed by atoms with Crippen molar-refractivity contribution in [2.45, 2.75) is 185 Å². The van der Waals surface area contributed by atoms with Crippen molar-refractivity contribution in [2.24, 2.45) is 17.8 Å². The van der Waals surface area contributed by atoms with Gasteiger partial charge in [-0.05, 0) is 94.3 Å². The summed E-state index contributed by atoms with van der Waals surface area (Å²) in [4.78, 5) is 18.0. The Kier molecular flexibility index (Phi) is 19.0. The van der Waals surface area contributed by atoms with E-state index >= 15 is 0 Å². The summed E-state index contributed by atoms with van der Waals surface area (Å²) in [6.07, 6.45) is -8.32. The maximum absolute atomic E-state index is 14.4. The summed E-state index contributed by atoms with van der Waals surface area (Å²) in [5.41, 5.74) is -6.41. The van der Waals surface area contributed by atoms with Crippen molar-refractivity contribution in [1.29, 1.82) is 0 Å². The van der Waals surface area contributed by atoms with Gasteiger partial charge in [0.25, 0.3) is 0 Å². The zero-order chi connectivity index (χ0) is 44.8. The Hall–Kier alpha value is -1.13. The molecule has 8 N–H and O–H groups in total. The van der Waals surface area contributed by atoms with Crippen LogP contribution in [0.1, 0.15) is 94.9 Å². The van der Waals surface area contributed by atoms with E-state index in [1.54, 1.807) is 53.4 Å². The van der Waals surface area contributed by atoms with Gasteiger partial charge in [-0.25, -0.2) is 0 Å². The maximum atomic E-state index is 14.4. The molecule has 0 aromatic heterocycles. The highest BCUT2D eigenvalue weighted by Crippen LogP contribution is 2.44. The number of esters is 1. The Bertz CT molecular complexity index is 1290. The van der Waals surface area contributed by atoms with E-state index in [0.717, 1.165) is 0 Å². The van der Waals surface area contributed by atoms with E-state index in [1.165, 1.54) is 14.0 Å². The lowest BCUT2D eigenvalue weighted by molar-refractivity contribution is -0.339. The Labute approximate surface area is 352 Å². The van der Waals surface area contributed by atoms with Crippen molar-refractivity contribution in [1.82, 2.24) is 15.1 Å². The molecule has 3 aliphatic heterocycles. The minimum atomic E-state index is -1.85. The molecule has 0 aromatic rings. The average Bonchev–Trinajstić information content (AvgIpc) is 3.15. The van der Waals surface area contributed by atoms with Crippen LogP contribution in [-0.2, 0) is 33.2 Å². The molecule has 348 valence electrons. The van der Waals surface area contributed by atoms with E-state index in [-0.39, 0.29) is 70.2 Å². The number of nitrogens with one attached hydrogen (secondary N) is 1. The maximum Gasteiger partial charge on any atom is 0.311 e. The first-order valence-electron chi connectivity index (χ1n) is 21.6. The molecule has 3 saturated heterocycles. The minimum Gasteiger partial charge on any atom is -0.459 e. The van der Waals surface area contributed by atoms with Gasteiger partial charge in [-0.15, -0.1) is 0 Å². The first-order chi connectivity index (χ1) is 27.3. The SMILES string of the molecule is CC[C@H]1OC(=O)[C@H](C)[C@@H](O[C@H]2C[C@@](C)(OC)[C@@](O)(CN(CCO)CCO)[C@H](C)O2)[C@H](C)[C@@H](O[C@@H]2O[C@H](C)C[C@H](N(C)C)[C@H]2O)[C@](C)(O)C[C@@H](C)CN[C@H](C)[C@@H](O)[C@]1(C)O. The summed E-state index contributed by atoms with van der Waals surface area (Å²) in [5, 5.41) is 82.3. The Balaban J connectivity index is 2.17. The van der Waals surface area contributed by atoms with Crippen molar-refractivity contribution in [3.8, 4) is 0 Å². The molecule has 3 heterocycles. The van der Waals surface area contributed by atoms with Crippen LogP contribution in [0.25, 0.3) is 0 Å². The molecule has 0 saturated carbocycles. The molecule has 59 heavy (non-hydrogen) atoms. The fourth-order valence-electron chi connectivity index (χ4n) is 9.61. The van der Waals surface area contributed by atoms with E-state index in [4.69, 9.17) is 28.4 Å². The van der Waals surface area contributed by atoms with E-state index in [2.05, 4.69) is 5.32 Å². The number of aliphatic hydroxyl groups is 7. The van der Waals surface area contributed by atoms with Crippen molar-refractivity contribution in [3.63, 3.8) is 0 Å². The van der Waals surface area contributed by atoms with Crippen LogP contribution < -0.4 is 5.32 Å². The smallest absolute Gasteiger partial charge is 0.311 e. The van der Waals surface area contributed by atoms with Crippen molar-refractivity contribution in [3.05, 3.63) is 0 Å². The second-order valence-corrected chi connectivity index (χ2v) is 18.7. The van der Waals surface area contributed by atoms with Gasteiger partial charge in [0, 0.05) is 51.2 Å². The number of hydrogen-bond acceptors (Lipinski definition) is 17. The van der Waals surface area contributed by atoms with Crippen molar-refractivity contribution in [2.75, 3.05) is 60.6 Å². The van der Waals surface area contributed by atoms with Crippen LogP contribution in [0.4, 0.5) is 0 Å². The van der Waals surface area contributed by atoms with Crippen LogP contribution in [0.15, 0.2) is 0 Å². The lowest BCUT2D eigenvalue weighted by Crippen LogP contribution is -2.70. The lowest BCUT2D eigenvalue weighted by Gasteiger charge is -2.54. The summed E-state index contributed by atoms with van der Waals surface area (Å²) in [6.45, 7) is 17.6. The van der Waals surface area contributed by atoms with Crippen LogP contribution in [0.5, 0.6) is 0 Å². The third kappa shape index (κ3) is 12.1. The summed E-state index contributed by atoms with van der Waals surface area (Å²) >= 11 is 0. The van der Waals surface area contributed by atoms with Gasteiger partial charge in [0.05, 0.1) is 49.1 Å². The number of rotatable bonds is 13. The van der Waals surface area contributed by atoms with Gasteiger partial charge < -0.3 is 74.4 Å². The van der Waals surface area contributed by atoms with Gasteiger partial charge in [0.15, 0.2) is 12.6 Å². The molecule has 3 aliphatic rings. The highest BCUT2D eigenvalue weighted by molar-refractivity contribution is 5.73. The number of cyclic esters (lactones) is 1. The van der Waals surface area contributed by atoms with Crippen LogP contribution in [0, 0.1) is 17.8 Å². The molecule has 17 heteroatoms. The zero-order valence-corrected chi connectivity index (χ0v) is 38.0. The molecule has 0 bridgehead atoms. The van der Waals surface area contributed by atoms with Gasteiger partial charge in [0.2, 0.25) is 0 Å². The average molecular weight is 852 g/mol. The Morgan fingerprint density at radius 3 is 2.07 bits per heavy atom. The normalized spacial score (nSPS) is 46.2. The molecular weight excluding hydrogens is 770 g/mol. The molecule has 0 amide bonds. The molecule has 0 spiro atoms. The summed E-state index contributed by atoms with van der Waals surface area (Å²) in [7, 11) is 5.20. The van der Waals surface area contributed by atoms with Crippen LogP contribution in [-0.4, -0.2) is 202 Å². The number of ether oxygens (including phenoxy) is 6.